The van der Waals surface area contributed by atoms with Crippen molar-refractivity contribution in [3.63, 3.8) is 0 Å². The minimum atomic E-state index is -4.46. The summed E-state index contributed by atoms with van der Waals surface area (Å²) < 4.78 is 43.3. The van der Waals surface area contributed by atoms with Crippen LogP contribution >= 0.6 is 24.2 Å². The second kappa shape index (κ2) is 8.33. The molecular weight excluding hydrogens is 389 g/mol. The number of alkyl halides is 3. The number of halogens is 4. The maximum atomic E-state index is 12.4. The van der Waals surface area contributed by atoms with Gasteiger partial charge in [-0.25, -0.2) is 9.67 Å². The molecule has 3 aromatic rings. The molecule has 0 saturated heterocycles. The number of anilines is 1. The molecule has 138 valence electrons. The molecule has 0 aliphatic carbocycles. The zero-order chi connectivity index (χ0) is 19.3. The molecule has 0 aliphatic rings. The van der Waals surface area contributed by atoms with E-state index >= 15 is 0 Å². The van der Waals surface area contributed by atoms with Crippen molar-refractivity contribution in [2.24, 2.45) is 0 Å². The number of methoxy groups -OCH3 is 1. The summed E-state index contributed by atoms with van der Waals surface area (Å²) >= 11 is 9.75. The van der Waals surface area contributed by atoms with E-state index in [1.807, 2.05) is 12.1 Å². The van der Waals surface area contributed by atoms with Crippen molar-refractivity contribution >= 4 is 29.9 Å². The van der Waals surface area contributed by atoms with Crippen LogP contribution in [-0.2, 0) is 6.18 Å². The highest BCUT2D eigenvalue weighted by Gasteiger charge is 2.31. The van der Waals surface area contributed by atoms with Gasteiger partial charge >= 0.3 is 6.18 Å². The van der Waals surface area contributed by atoms with E-state index in [4.69, 9.17) is 22.1 Å². The number of nitrogens with two attached hydrogens (primary N) is 1. The Hall–Kier alpha value is -2.39. The molecule has 5 nitrogen and oxygen atoms in total. The second-order valence-electron chi connectivity index (χ2n) is 4.94. The number of hydrogen-bond donors (Lipinski definition) is 2. The summed E-state index contributed by atoms with van der Waals surface area (Å²) in [5, 5.41) is 3.72. The van der Waals surface area contributed by atoms with Crippen LogP contribution in [0, 0.1) is 0 Å². The lowest BCUT2D eigenvalue weighted by atomic mass is 10.3. The average Bonchev–Trinajstić information content (AvgIpc) is 3.01. The predicted molar refractivity (Wildman–Crippen MR) is 96.0 cm³/mol. The van der Waals surface area contributed by atoms with Crippen molar-refractivity contribution in [1.29, 1.82) is 0 Å². The Morgan fingerprint density at radius 3 is 2.31 bits per heavy atom. The first-order valence-corrected chi connectivity index (χ1v) is 7.89. The van der Waals surface area contributed by atoms with Crippen LogP contribution in [0.1, 0.15) is 5.56 Å². The van der Waals surface area contributed by atoms with Gasteiger partial charge < -0.3 is 10.5 Å². The zero-order valence-corrected chi connectivity index (χ0v) is 15.1. The molecule has 0 amide bonds. The first kappa shape index (κ1) is 19.9. The van der Waals surface area contributed by atoms with Crippen LogP contribution < -0.4 is 10.5 Å². The highest BCUT2D eigenvalue weighted by molar-refractivity contribution is 7.80. The Morgan fingerprint density at radius 2 is 1.85 bits per heavy atom. The Kier molecular flexibility index (Phi) is 6.38. The lowest BCUT2D eigenvalue weighted by Crippen LogP contribution is -2.07. The number of hydrogen-bond acceptors (Lipinski definition) is 5. The van der Waals surface area contributed by atoms with E-state index in [0.29, 0.717) is 11.1 Å². The number of pyridine rings is 1. The fourth-order valence-corrected chi connectivity index (χ4v) is 2.20. The summed E-state index contributed by atoms with van der Waals surface area (Å²) in [7, 11) is 1.63. The largest absolute Gasteiger partial charge is 0.497 e. The monoisotopic (exact) mass is 402 g/mol. The third-order valence-electron chi connectivity index (χ3n) is 3.05. The lowest BCUT2D eigenvalue weighted by molar-refractivity contribution is -0.137. The molecule has 0 fully saturated rings. The Balaban J connectivity index is 0.000000228. The smallest absolute Gasteiger partial charge is 0.417 e. The average molecular weight is 403 g/mol. The third-order valence-corrected chi connectivity index (χ3v) is 3.56. The number of benzene rings is 1. The predicted octanol–water partition coefficient (Wildman–Crippen LogP) is 4.51. The van der Waals surface area contributed by atoms with E-state index in [0.717, 1.165) is 17.5 Å². The molecule has 10 heteroatoms. The fraction of sp³-hybridized carbons (Fsp3) is 0.125. The van der Waals surface area contributed by atoms with Gasteiger partial charge in [0.2, 0.25) is 0 Å². The normalized spacial score (nSPS) is 10.8. The number of nitrogens with zero attached hydrogens (tertiary/aromatic N) is 3. The van der Waals surface area contributed by atoms with Gasteiger partial charge in [0, 0.05) is 23.0 Å². The summed E-state index contributed by atoms with van der Waals surface area (Å²) in [6, 6.07) is 8.08. The molecule has 0 radical (unpaired) electrons. The van der Waals surface area contributed by atoms with E-state index in [1.54, 1.807) is 19.2 Å². The topological polar surface area (TPSA) is 66.0 Å². The van der Waals surface area contributed by atoms with Crippen LogP contribution in [-0.4, -0.2) is 21.9 Å². The molecule has 2 heterocycles. The van der Waals surface area contributed by atoms with Gasteiger partial charge in [0.25, 0.3) is 0 Å². The van der Waals surface area contributed by atoms with Crippen LogP contribution in [0.5, 0.6) is 5.75 Å². The van der Waals surface area contributed by atoms with E-state index in [9.17, 15) is 13.2 Å². The van der Waals surface area contributed by atoms with Crippen molar-refractivity contribution in [2.75, 3.05) is 12.8 Å². The summed E-state index contributed by atoms with van der Waals surface area (Å²) in [6.07, 6.45) is -0.835. The first-order valence-electron chi connectivity index (χ1n) is 7.07. The minimum Gasteiger partial charge on any atom is -0.497 e. The molecule has 1 aromatic carbocycles. The molecule has 0 saturated carbocycles. The van der Waals surface area contributed by atoms with Crippen molar-refractivity contribution < 1.29 is 17.9 Å². The van der Waals surface area contributed by atoms with Crippen LogP contribution in [0.4, 0.5) is 18.9 Å². The van der Waals surface area contributed by atoms with Gasteiger partial charge in [0.05, 0.1) is 23.9 Å². The maximum absolute atomic E-state index is 12.4. The number of rotatable bonds is 2. The van der Waals surface area contributed by atoms with Gasteiger partial charge in [0.15, 0.2) is 5.82 Å². The standard InChI is InChI=1S/C9H5ClF3N3S.C7H9NO/c10-7-1-5(9(11,12)13)2-14-8(7)16-4-6(17)3-15-16;1-9-7-4-2-6(8)3-5-7/h1-4,17H;2-5H,8H2,1H3. The van der Waals surface area contributed by atoms with E-state index < -0.39 is 11.7 Å². The van der Waals surface area contributed by atoms with Crippen LogP contribution in [0.25, 0.3) is 5.82 Å². The molecule has 2 aromatic heterocycles. The van der Waals surface area contributed by atoms with Crippen molar-refractivity contribution in [2.45, 2.75) is 11.1 Å². The highest BCUT2D eigenvalue weighted by atomic mass is 35.5. The van der Waals surface area contributed by atoms with E-state index in [2.05, 4.69) is 22.7 Å². The molecule has 0 atom stereocenters. The Bertz CT molecular complexity index is 869. The van der Waals surface area contributed by atoms with Crippen molar-refractivity contribution in [3.05, 3.63) is 59.5 Å². The van der Waals surface area contributed by atoms with Gasteiger partial charge in [-0.05, 0) is 30.3 Å². The van der Waals surface area contributed by atoms with Gasteiger partial charge in [0.1, 0.15) is 5.75 Å². The van der Waals surface area contributed by atoms with Crippen molar-refractivity contribution in [1.82, 2.24) is 14.8 Å². The molecule has 0 spiro atoms. The van der Waals surface area contributed by atoms with Crippen LogP contribution in [0.3, 0.4) is 0 Å². The number of nitrogen functional groups attached to an aromatic ring is 1. The number of aromatic nitrogens is 3. The minimum absolute atomic E-state index is 0.125. The fourth-order valence-electron chi connectivity index (χ4n) is 1.79. The van der Waals surface area contributed by atoms with E-state index in [-0.39, 0.29) is 10.8 Å². The Labute approximate surface area is 158 Å². The third kappa shape index (κ3) is 5.30. The van der Waals surface area contributed by atoms with Crippen LogP contribution in [0.15, 0.2) is 53.8 Å². The highest BCUT2D eigenvalue weighted by Crippen LogP contribution is 2.31. The quantitative estimate of drug-likeness (QED) is 0.489. The lowest BCUT2D eigenvalue weighted by Gasteiger charge is -2.08. The zero-order valence-electron chi connectivity index (χ0n) is 13.4. The van der Waals surface area contributed by atoms with Gasteiger partial charge in [-0.3, -0.25) is 0 Å². The SMILES string of the molecule is COc1ccc(N)cc1.FC(F)(F)c1cnc(-n2cc(S)cn2)c(Cl)c1. The van der Waals surface area contributed by atoms with Crippen LogP contribution in [0.2, 0.25) is 5.02 Å². The number of thiol groups is 1. The molecule has 2 N–H and O–H groups in total. The Morgan fingerprint density at radius 1 is 1.19 bits per heavy atom. The molecular formula is C16H14ClF3N4OS. The van der Waals surface area contributed by atoms with Gasteiger partial charge in [-0.15, -0.1) is 12.6 Å². The molecule has 0 bridgehead atoms. The van der Waals surface area contributed by atoms with Gasteiger partial charge in [-0.2, -0.15) is 18.3 Å². The molecule has 0 aliphatic heterocycles. The van der Waals surface area contributed by atoms with Gasteiger partial charge in [-0.1, -0.05) is 11.6 Å². The summed E-state index contributed by atoms with van der Waals surface area (Å²) in [5.74, 6) is 0.962. The van der Waals surface area contributed by atoms with Crippen molar-refractivity contribution in [3.8, 4) is 11.6 Å². The van der Waals surface area contributed by atoms with E-state index in [1.165, 1.54) is 17.1 Å². The summed E-state index contributed by atoms with van der Waals surface area (Å²) in [6.45, 7) is 0. The number of ether oxygens (including phenoxy) is 1. The first-order chi connectivity index (χ1) is 12.2. The summed E-state index contributed by atoms with van der Waals surface area (Å²) in [5.41, 5.74) is 5.29. The maximum Gasteiger partial charge on any atom is 0.417 e. The molecule has 3 rings (SSSR count). The summed E-state index contributed by atoms with van der Waals surface area (Å²) in [4.78, 5) is 4.20. The molecule has 0 unspecified atom stereocenters. The molecule has 26 heavy (non-hydrogen) atoms. The second-order valence-corrected chi connectivity index (χ2v) is 5.87.